The number of carbonyl (C=O) groups excluding carboxylic acids is 2. The molecule has 0 spiro atoms. The molecule has 1 N–H and O–H groups in total. The summed E-state index contributed by atoms with van der Waals surface area (Å²) < 4.78 is 16.7. The zero-order valence-electron chi connectivity index (χ0n) is 16.6. The summed E-state index contributed by atoms with van der Waals surface area (Å²) in [6, 6.07) is 20.5. The number of amides is 1. The Morgan fingerprint density at radius 3 is 2.16 bits per heavy atom. The predicted molar refractivity (Wildman–Crippen MR) is 120 cm³/mol. The first-order valence-electron chi connectivity index (χ1n) is 9.20. The van der Waals surface area contributed by atoms with Crippen LogP contribution in [-0.2, 0) is 4.79 Å². The third-order valence-corrected chi connectivity index (χ3v) is 4.53. The van der Waals surface area contributed by atoms with Crippen LogP contribution < -0.4 is 19.6 Å². The van der Waals surface area contributed by atoms with E-state index in [0.29, 0.717) is 22.8 Å². The van der Waals surface area contributed by atoms with Gasteiger partial charge >= 0.3 is 5.97 Å². The van der Waals surface area contributed by atoms with Crippen molar-refractivity contribution >= 4 is 34.0 Å². The monoisotopic (exact) mass is 482 g/mol. The number of hydrogen-bond donors (Lipinski definition) is 1. The van der Waals surface area contributed by atoms with Crippen LogP contribution in [0.5, 0.6) is 17.2 Å². The SMILES string of the molecule is COc1ccc(C(=O)Oc2ccc(C=NNC(=O)COc3ccc(Br)cc3)cc2)cc1. The Hall–Kier alpha value is -3.65. The van der Waals surface area contributed by atoms with Crippen molar-refractivity contribution in [3.05, 3.63) is 88.4 Å². The average molecular weight is 483 g/mol. The fourth-order valence-electron chi connectivity index (χ4n) is 2.41. The molecule has 0 saturated carbocycles. The van der Waals surface area contributed by atoms with Crippen LogP contribution in [-0.4, -0.2) is 31.8 Å². The van der Waals surface area contributed by atoms with E-state index in [4.69, 9.17) is 14.2 Å². The van der Waals surface area contributed by atoms with Gasteiger partial charge in [0.25, 0.3) is 5.91 Å². The van der Waals surface area contributed by atoms with Crippen molar-refractivity contribution in [2.24, 2.45) is 5.10 Å². The van der Waals surface area contributed by atoms with Gasteiger partial charge in [-0.25, -0.2) is 10.2 Å². The van der Waals surface area contributed by atoms with Crippen LogP contribution in [0.4, 0.5) is 0 Å². The fraction of sp³-hybridized carbons (Fsp3) is 0.0870. The highest BCUT2D eigenvalue weighted by molar-refractivity contribution is 9.10. The van der Waals surface area contributed by atoms with E-state index in [2.05, 4.69) is 26.5 Å². The van der Waals surface area contributed by atoms with Crippen molar-refractivity contribution in [1.29, 1.82) is 0 Å². The molecule has 0 aliphatic rings. The Morgan fingerprint density at radius 1 is 0.903 bits per heavy atom. The standard InChI is InChI=1S/C23H19BrN2O5/c1-29-19-10-4-17(5-11-19)23(28)31-21-8-2-16(3-9-21)14-25-26-22(27)15-30-20-12-6-18(24)7-13-20/h2-14H,15H2,1H3,(H,26,27). The van der Waals surface area contributed by atoms with Gasteiger partial charge in [0.1, 0.15) is 17.2 Å². The van der Waals surface area contributed by atoms with Crippen LogP contribution in [0, 0.1) is 0 Å². The maximum absolute atomic E-state index is 12.2. The van der Waals surface area contributed by atoms with Crippen LogP contribution in [0.25, 0.3) is 0 Å². The van der Waals surface area contributed by atoms with Crippen molar-refractivity contribution in [1.82, 2.24) is 5.43 Å². The van der Waals surface area contributed by atoms with Gasteiger partial charge in [-0.05, 0) is 78.4 Å². The van der Waals surface area contributed by atoms with E-state index in [1.54, 1.807) is 67.8 Å². The summed E-state index contributed by atoms with van der Waals surface area (Å²) in [6.07, 6.45) is 1.48. The van der Waals surface area contributed by atoms with Gasteiger partial charge < -0.3 is 14.2 Å². The molecule has 0 heterocycles. The van der Waals surface area contributed by atoms with E-state index >= 15 is 0 Å². The maximum atomic E-state index is 12.2. The van der Waals surface area contributed by atoms with Crippen LogP contribution in [0.15, 0.2) is 82.4 Å². The molecular formula is C23H19BrN2O5. The first-order valence-corrected chi connectivity index (χ1v) is 9.99. The van der Waals surface area contributed by atoms with Gasteiger partial charge in [0, 0.05) is 4.47 Å². The molecule has 0 bridgehead atoms. The summed E-state index contributed by atoms with van der Waals surface area (Å²) in [7, 11) is 1.56. The highest BCUT2D eigenvalue weighted by atomic mass is 79.9. The minimum atomic E-state index is -0.470. The van der Waals surface area contributed by atoms with E-state index in [0.717, 1.165) is 10.0 Å². The minimum absolute atomic E-state index is 0.154. The second-order valence-electron chi connectivity index (χ2n) is 6.22. The number of nitrogens with one attached hydrogen (secondary N) is 1. The maximum Gasteiger partial charge on any atom is 0.343 e. The molecule has 0 radical (unpaired) electrons. The fourth-order valence-corrected chi connectivity index (χ4v) is 2.67. The number of esters is 1. The van der Waals surface area contributed by atoms with Gasteiger partial charge in [0.2, 0.25) is 0 Å². The summed E-state index contributed by atoms with van der Waals surface area (Å²) in [4.78, 5) is 24.0. The number of benzene rings is 3. The molecule has 158 valence electrons. The molecule has 3 aromatic rings. The van der Waals surface area contributed by atoms with Gasteiger partial charge in [-0.15, -0.1) is 0 Å². The van der Waals surface area contributed by atoms with Crippen molar-refractivity contribution in [3.8, 4) is 17.2 Å². The Labute approximate surface area is 187 Å². The molecule has 0 saturated heterocycles. The van der Waals surface area contributed by atoms with E-state index in [1.807, 2.05) is 12.1 Å². The average Bonchev–Trinajstić information content (AvgIpc) is 2.80. The quantitative estimate of drug-likeness (QED) is 0.225. The molecule has 0 aliphatic carbocycles. The Bertz CT molecular complexity index is 1050. The summed E-state index contributed by atoms with van der Waals surface area (Å²) in [5.41, 5.74) is 3.53. The second-order valence-corrected chi connectivity index (χ2v) is 7.14. The Kier molecular flexibility index (Phi) is 7.78. The minimum Gasteiger partial charge on any atom is -0.497 e. The first-order chi connectivity index (χ1) is 15.0. The Morgan fingerprint density at radius 2 is 1.52 bits per heavy atom. The molecule has 7 nitrogen and oxygen atoms in total. The van der Waals surface area contributed by atoms with Crippen molar-refractivity contribution in [2.75, 3.05) is 13.7 Å². The van der Waals surface area contributed by atoms with E-state index < -0.39 is 5.97 Å². The summed E-state index contributed by atoms with van der Waals surface area (Å²) in [5, 5.41) is 3.89. The summed E-state index contributed by atoms with van der Waals surface area (Å²) in [6.45, 7) is -0.154. The van der Waals surface area contributed by atoms with Gasteiger partial charge in [-0.3, -0.25) is 4.79 Å². The molecule has 0 fully saturated rings. The number of hydrazone groups is 1. The molecule has 8 heteroatoms. The summed E-state index contributed by atoms with van der Waals surface area (Å²) in [5.74, 6) is 0.783. The molecule has 0 unspecified atom stereocenters. The van der Waals surface area contributed by atoms with Crippen LogP contribution in [0.2, 0.25) is 0 Å². The summed E-state index contributed by atoms with van der Waals surface area (Å²) >= 11 is 3.33. The lowest BCUT2D eigenvalue weighted by Gasteiger charge is -2.06. The molecule has 3 rings (SSSR count). The highest BCUT2D eigenvalue weighted by Gasteiger charge is 2.08. The number of nitrogens with zero attached hydrogens (tertiary/aromatic N) is 1. The number of ether oxygens (including phenoxy) is 3. The van der Waals surface area contributed by atoms with Crippen molar-refractivity contribution in [2.45, 2.75) is 0 Å². The van der Waals surface area contributed by atoms with Gasteiger partial charge in [0.15, 0.2) is 6.61 Å². The normalized spacial score (nSPS) is 10.5. The highest BCUT2D eigenvalue weighted by Crippen LogP contribution is 2.17. The van der Waals surface area contributed by atoms with Gasteiger partial charge in [0.05, 0.1) is 18.9 Å². The van der Waals surface area contributed by atoms with E-state index in [-0.39, 0.29) is 12.5 Å². The molecule has 0 atom stereocenters. The van der Waals surface area contributed by atoms with Crippen LogP contribution >= 0.6 is 15.9 Å². The third-order valence-electron chi connectivity index (χ3n) is 4.00. The lowest BCUT2D eigenvalue weighted by atomic mass is 10.2. The lowest BCUT2D eigenvalue weighted by molar-refractivity contribution is -0.123. The predicted octanol–water partition coefficient (Wildman–Crippen LogP) is 4.21. The number of rotatable bonds is 8. The first kappa shape index (κ1) is 22.0. The molecule has 0 aromatic heterocycles. The molecule has 3 aromatic carbocycles. The van der Waals surface area contributed by atoms with Gasteiger partial charge in [-0.2, -0.15) is 5.10 Å². The van der Waals surface area contributed by atoms with Crippen LogP contribution in [0.3, 0.4) is 0 Å². The van der Waals surface area contributed by atoms with Crippen molar-refractivity contribution in [3.63, 3.8) is 0 Å². The molecule has 1 amide bonds. The number of hydrogen-bond acceptors (Lipinski definition) is 6. The lowest BCUT2D eigenvalue weighted by Crippen LogP contribution is -2.24. The number of carbonyl (C=O) groups is 2. The van der Waals surface area contributed by atoms with Gasteiger partial charge in [-0.1, -0.05) is 15.9 Å². The van der Waals surface area contributed by atoms with Crippen LogP contribution in [0.1, 0.15) is 15.9 Å². The number of methoxy groups -OCH3 is 1. The largest absolute Gasteiger partial charge is 0.497 e. The number of halogens is 1. The van der Waals surface area contributed by atoms with E-state index in [9.17, 15) is 9.59 Å². The molecule has 0 aliphatic heterocycles. The Balaban J connectivity index is 1.45. The second kappa shape index (κ2) is 10.9. The zero-order chi connectivity index (χ0) is 22.1. The van der Waals surface area contributed by atoms with E-state index in [1.165, 1.54) is 6.21 Å². The topological polar surface area (TPSA) is 86.2 Å². The smallest absolute Gasteiger partial charge is 0.343 e. The molecule has 31 heavy (non-hydrogen) atoms. The van der Waals surface area contributed by atoms with Crippen molar-refractivity contribution < 1.29 is 23.8 Å². The zero-order valence-corrected chi connectivity index (χ0v) is 18.2. The third kappa shape index (κ3) is 6.97. The molecular weight excluding hydrogens is 464 g/mol.